The van der Waals surface area contributed by atoms with Crippen molar-refractivity contribution in [1.29, 1.82) is 0 Å². The molecule has 30 heavy (non-hydrogen) atoms. The van der Waals surface area contributed by atoms with Gasteiger partial charge in [0.05, 0.1) is 10.7 Å². The van der Waals surface area contributed by atoms with E-state index in [4.69, 9.17) is 11.6 Å². The molecule has 5 nitrogen and oxygen atoms in total. The van der Waals surface area contributed by atoms with Crippen LogP contribution in [0.3, 0.4) is 0 Å². The Morgan fingerprint density at radius 2 is 1.77 bits per heavy atom. The summed E-state index contributed by atoms with van der Waals surface area (Å²) in [7, 11) is -2.05. The number of fused-ring (bicyclic) bond motifs is 1. The van der Waals surface area contributed by atoms with E-state index in [9.17, 15) is 13.2 Å². The van der Waals surface area contributed by atoms with E-state index in [1.54, 1.807) is 11.0 Å². The highest BCUT2D eigenvalue weighted by Gasteiger charge is 2.33. The molecule has 2 aromatic rings. The molecule has 2 aliphatic rings. The molecule has 1 saturated carbocycles. The summed E-state index contributed by atoms with van der Waals surface area (Å²) < 4.78 is 28.2. The maximum atomic E-state index is 13.4. The molecule has 0 bridgehead atoms. The number of rotatable bonds is 4. The van der Waals surface area contributed by atoms with Crippen LogP contribution in [0.1, 0.15) is 54.4 Å². The van der Waals surface area contributed by atoms with Gasteiger partial charge >= 0.3 is 0 Å². The van der Waals surface area contributed by atoms with Gasteiger partial charge in [-0.15, -0.1) is 0 Å². The number of anilines is 1. The average Bonchev–Trinajstić information content (AvgIpc) is 3.00. The van der Waals surface area contributed by atoms with Crippen molar-refractivity contribution in [2.75, 3.05) is 17.9 Å². The first-order chi connectivity index (χ1) is 14.4. The first-order valence-electron chi connectivity index (χ1n) is 10.6. The zero-order valence-corrected chi connectivity index (χ0v) is 18.8. The van der Waals surface area contributed by atoms with E-state index in [1.807, 2.05) is 31.3 Å². The minimum absolute atomic E-state index is 0.0130. The van der Waals surface area contributed by atoms with Crippen molar-refractivity contribution in [2.45, 2.75) is 55.9 Å². The molecule has 1 aliphatic carbocycles. The van der Waals surface area contributed by atoms with Crippen LogP contribution in [0.5, 0.6) is 0 Å². The number of carbonyl (C=O) groups is 1. The van der Waals surface area contributed by atoms with E-state index in [-0.39, 0.29) is 21.9 Å². The van der Waals surface area contributed by atoms with Gasteiger partial charge < -0.3 is 4.90 Å². The second-order valence-electron chi connectivity index (χ2n) is 8.16. The molecule has 0 radical (unpaired) electrons. The van der Waals surface area contributed by atoms with Crippen LogP contribution in [0, 0.1) is 0 Å². The lowest BCUT2D eigenvalue weighted by atomic mass is 10.1. The summed E-state index contributed by atoms with van der Waals surface area (Å²) >= 11 is 6.31. The number of hydrogen-bond acceptors (Lipinski definition) is 3. The van der Waals surface area contributed by atoms with Gasteiger partial charge in [0.2, 0.25) is 0 Å². The molecule has 0 aromatic heterocycles. The summed E-state index contributed by atoms with van der Waals surface area (Å²) in [6.07, 6.45) is 7.30. The van der Waals surface area contributed by atoms with Crippen molar-refractivity contribution in [2.24, 2.45) is 0 Å². The first-order valence-corrected chi connectivity index (χ1v) is 12.4. The molecule has 7 heteroatoms. The largest absolute Gasteiger partial charge is 0.339 e. The highest BCUT2D eigenvalue weighted by atomic mass is 35.5. The zero-order chi connectivity index (χ0) is 21.3. The Morgan fingerprint density at radius 3 is 2.50 bits per heavy atom. The summed E-state index contributed by atoms with van der Waals surface area (Å²) in [4.78, 5) is 14.9. The van der Waals surface area contributed by atoms with E-state index in [0.717, 1.165) is 31.2 Å². The van der Waals surface area contributed by atoms with Gasteiger partial charge in [-0.1, -0.05) is 55.5 Å². The molecular weight excluding hydrogens is 420 g/mol. The maximum absolute atomic E-state index is 13.4. The smallest absolute Gasteiger partial charge is 0.265 e. The van der Waals surface area contributed by atoms with Crippen LogP contribution in [-0.4, -0.2) is 38.9 Å². The third-order valence-corrected chi connectivity index (χ3v) is 8.58. The normalized spacial score (nSPS) is 17.5. The van der Waals surface area contributed by atoms with E-state index >= 15 is 0 Å². The summed E-state index contributed by atoms with van der Waals surface area (Å²) in [5.41, 5.74) is 2.04. The van der Waals surface area contributed by atoms with Gasteiger partial charge in [0.15, 0.2) is 0 Å². The molecule has 0 saturated heterocycles. The van der Waals surface area contributed by atoms with Gasteiger partial charge in [-0.05, 0) is 49.1 Å². The van der Waals surface area contributed by atoms with E-state index in [2.05, 4.69) is 0 Å². The quantitative estimate of drug-likeness (QED) is 0.628. The topological polar surface area (TPSA) is 57.7 Å². The number of carbonyl (C=O) groups excluding carboxylic acids is 1. The highest BCUT2D eigenvalue weighted by molar-refractivity contribution is 7.93. The number of benzene rings is 2. The van der Waals surface area contributed by atoms with Crippen LogP contribution in [0.4, 0.5) is 5.69 Å². The van der Waals surface area contributed by atoms with Gasteiger partial charge in [0.25, 0.3) is 15.9 Å². The summed E-state index contributed by atoms with van der Waals surface area (Å²) in [5.74, 6) is -0.156. The lowest BCUT2D eigenvalue weighted by Crippen LogP contribution is -2.37. The zero-order valence-electron chi connectivity index (χ0n) is 17.2. The number of halogens is 1. The second-order valence-corrected chi connectivity index (χ2v) is 10.4. The minimum Gasteiger partial charge on any atom is -0.339 e. The SMILES string of the molecule is CN(C(=O)c1ccc(Cl)c(S(=O)(=O)N2CCc3ccccc32)c1)C1CCCCCC1. The maximum Gasteiger partial charge on any atom is 0.265 e. The average molecular weight is 447 g/mol. The summed E-state index contributed by atoms with van der Waals surface area (Å²) in [5, 5.41) is 0.132. The number of nitrogens with zero attached hydrogens (tertiary/aromatic N) is 2. The molecule has 1 fully saturated rings. The van der Waals surface area contributed by atoms with E-state index < -0.39 is 10.0 Å². The lowest BCUT2D eigenvalue weighted by molar-refractivity contribution is 0.0717. The molecule has 4 rings (SSSR count). The fraction of sp³-hybridized carbons (Fsp3) is 0.435. The number of sulfonamides is 1. The van der Waals surface area contributed by atoms with Crippen molar-refractivity contribution in [3.8, 4) is 0 Å². The molecule has 0 N–H and O–H groups in total. The Morgan fingerprint density at radius 1 is 1.07 bits per heavy atom. The summed E-state index contributed by atoms with van der Waals surface area (Å²) in [6.45, 7) is 0.373. The van der Waals surface area contributed by atoms with Crippen LogP contribution in [-0.2, 0) is 16.4 Å². The molecule has 1 heterocycles. The Kier molecular flexibility index (Phi) is 6.07. The standard InChI is InChI=1S/C23H27ClN2O3S/c1-25(19-9-4-2-3-5-10-19)23(27)18-12-13-20(24)22(16-18)30(28,29)26-15-14-17-8-6-7-11-21(17)26/h6-8,11-13,16,19H,2-5,9-10,14-15H2,1H3. The third-order valence-electron chi connectivity index (χ3n) is 6.28. The summed E-state index contributed by atoms with van der Waals surface area (Å²) in [6, 6.07) is 12.3. The van der Waals surface area contributed by atoms with Gasteiger partial charge in [-0.25, -0.2) is 8.42 Å². The predicted octanol–water partition coefficient (Wildman–Crippen LogP) is 4.89. The van der Waals surface area contributed by atoms with Crippen LogP contribution >= 0.6 is 11.6 Å². The Hall–Kier alpha value is -2.05. The first kappa shape index (κ1) is 21.2. The van der Waals surface area contributed by atoms with Gasteiger partial charge in [-0.3, -0.25) is 9.10 Å². The van der Waals surface area contributed by atoms with Crippen LogP contribution < -0.4 is 4.31 Å². The molecule has 0 unspecified atom stereocenters. The fourth-order valence-corrected chi connectivity index (χ4v) is 6.53. The van der Waals surface area contributed by atoms with Crippen LogP contribution in [0.15, 0.2) is 47.4 Å². The molecule has 1 aliphatic heterocycles. The Bertz CT molecular complexity index is 1050. The van der Waals surface area contributed by atoms with Crippen molar-refractivity contribution in [3.05, 3.63) is 58.6 Å². The molecule has 160 valence electrons. The predicted molar refractivity (Wildman–Crippen MR) is 120 cm³/mol. The van der Waals surface area contributed by atoms with Crippen molar-refractivity contribution >= 4 is 33.2 Å². The highest BCUT2D eigenvalue weighted by Crippen LogP contribution is 2.35. The number of hydrogen-bond donors (Lipinski definition) is 0. The minimum atomic E-state index is -3.86. The Labute approximate surface area is 183 Å². The van der Waals surface area contributed by atoms with Gasteiger partial charge in [0, 0.05) is 25.2 Å². The van der Waals surface area contributed by atoms with E-state index in [1.165, 1.54) is 29.3 Å². The fourth-order valence-electron chi connectivity index (χ4n) is 4.53. The van der Waals surface area contributed by atoms with Gasteiger partial charge in [0.1, 0.15) is 4.90 Å². The molecule has 0 atom stereocenters. The van der Waals surface area contributed by atoms with Gasteiger partial charge in [-0.2, -0.15) is 0 Å². The number of amides is 1. The second kappa shape index (κ2) is 8.60. The monoisotopic (exact) mass is 446 g/mol. The van der Waals surface area contributed by atoms with Crippen molar-refractivity contribution in [3.63, 3.8) is 0 Å². The molecular formula is C23H27ClN2O3S. The Balaban J connectivity index is 1.64. The third kappa shape index (κ3) is 3.95. The molecule has 1 amide bonds. The van der Waals surface area contributed by atoms with Crippen molar-refractivity contribution in [1.82, 2.24) is 4.90 Å². The molecule has 2 aromatic carbocycles. The van der Waals surface area contributed by atoms with E-state index in [0.29, 0.717) is 24.2 Å². The molecule has 0 spiro atoms. The van der Waals surface area contributed by atoms with Crippen LogP contribution in [0.25, 0.3) is 0 Å². The van der Waals surface area contributed by atoms with Crippen LogP contribution in [0.2, 0.25) is 5.02 Å². The van der Waals surface area contributed by atoms with Crippen molar-refractivity contribution < 1.29 is 13.2 Å². The number of para-hydroxylation sites is 1. The lowest BCUT2D eigenvalue weighted by Gasteiger charge is -2.27.